The zero-order chi connectivity index (χ0) is 18.8. The molecule has 4 nitrogen and oxygen atoms in total. The lowest BCUT2D eigenvalue weighted by Gasteiger charge is -2.12. The van der Waals surface area contributed by atoms with Gasteiger partial charge in [-0.1, -0.05) is 58.4 Å². The fraction of sp³-hybridized carbons (Fsp3) is 0.0476. The Morgan fingerprint density at radius 2 is 1.93 bits per heavy atom. The van der Waals surface area contributed by atoms with Crippen LogP contribution in [0.3, 0.4) is 0 Å². The van der Waals surface area contributed by atoms with Crippen LogP contribution in [0.5, 0.6) is 5.75 Å². The third-order valence-corrected chi connectivity index (χ3v) is 5.46. The number of carbonyl (C=O) groups is 1. The molecule has 0 unspecified atom stereocenters. The molecular weight excluding hydrogens is 424 g/mol. The summed E-state index contributed by atoms with van der Waals surface area (Å²) in [6.45, 7) is 0.429. The first-order valence-electron chi connectivity index (χ1n) is 8.27. The Hall–Kier alpha value is -2.57. The highest BCUT2D eigenvalue weighted by molar-refractivity contribution is 9.10. The molecule has 3 aromatic carbocycles. The van der Waals surface area contributed by atoms with Crippen molar-refractivity contribution in [1.29, 1.82) is 0 Å². The minimum absolute atomic E-state index is 0.263. The SMILES string of the molecule is NC1=NC(=O)/C(=C/c2cc(Br)ccc2OCc2cccc3ccccc23)S1. The number of amidine groups is 1. The summed E-state index contributed by atoms with van der Waals surface area (Å²) in [5.41, 5.74) is 7.54. The molecule has 1 aliphatic heterocycles. The molecule has 0 saturated carbocycles. The van der Waals surface area contributed by atoms with Crippen molar-refractivity contribution in [3.8, 4) is 5.75 Å². The van der Waals surface area contributed by atoms with Crippen LogP contribution in [0.15, 0.2) is 75.0 Å². The topological polar surface area (TPSA) is 64.7 Å². The maximum absolute atomic E-state index is 11.9. The number of hydrogen-bond donors (Lipinski definition) is 1. The van der Waals surface area contributed by atoms with Gasteiger partial charge >= 0.3 is 0 Å². The average Bonchev–Trinajstić information content (AvgIpc) is 2.98. The van der Waals surface area contributed by atoms with E-state index in [1.807, 2.05) is 36.4 Å². The number of hydrogen-bond acceptors (Lipinski definition) is 4. The Labute approximate surface area is 169 Å². The van der Waals surface area contributed by atoms with Crippen LogP contribution in [0.1, 0.15) is 11.1 Å². The normalized spacial score (nSPS) is 15.4. The highest BCUT2D eigenvalue weighted by Gasteiger charge is 2.20. The van der Waals surface area contributed by atoms with Gasteiger partial charge in [-0.15, -0.1) is 0 Å². The number of aliphatic imine (C=N–C) groups is 1. The predicted molar refractivity (Wildman–Crippen MR) is 115 cm³/mol. The van der Waals surface area contributed by atoms with E-state index < -0.39 is 0 Å². The molecule has 2 N–H and O–H groups in total. The number of nitrogens with zero attached hydrogens (tertiary/aromatic N) is 1. The highest BCUT2D eigenvalue weighted by Crippen LogP contribution is 2.32. The molecule has 0 saturated heterocycles. The van der Waals surface area contributed by atoms with Crippen LogP contribution >= 0.6 is 27.7 Å². The molecule has 27 heavy (non-hydrogen) atoms. The number of fused-ring (bicyclic) bond motifs is 1. The van der Waals surface area contributed by atoms with Crippen molar-refractivity contribution in [1.82, 2.24) is 0 Å². The molecule has 0 atom stereocenters. The van der Waals surface area contributed by atoms with Gasteiger partial charge < -0.3 is 10.5 Å². The minimum Gasteiger partial charge on any atom is -0.488 e. The third-order valence-electron chi connectivity index (χ3n) is 4.16. The van der Waals surface area contributed by atoms with Crippen molar-refractivity contribution in [3.05, 3.63) is 81.2 Å². The van der Waals surface area contributed by atoms with Crippen LogP contribution < -0.4 is 10.5 Å². The first-order chi connectivity index (χ1) is 13.1. The monoisotopic (exact) mass is 438 g/mol. The van der Waals surface area contributed by atoms with Gasteiger partial charge in [0.1, 0.15) is 12.4 Å². The number of thioether (sulfide) groups is 1. The zero-order valence-electron chi connectivity index (χ0n) is 14.2. The highest BCUT2D eigenvalue weighted by atomic mass is 79.9. The Morgan fingerprint density at radius 1 is 1.11 bits per heavy atom. The smallest absolute Gasteiger partial charge is 0.286 e. The van der Waals surface area contributed by atoms with E-state index in [0.29, 0.717) is 17.3 Å². The van der Waals surface area contributed by atoms with Crippen LogP contribution in [0.25, 0.3) is 16.8 Å². The lowest BCUT2D eigenvalue weighted by molar-refractivity contribution is -0.113. The van der Waals surface area contributed by atoms with Crippen LogP contribution in [-0.4, -0.2) is 11.1 Å². The van der Waals surface area contributed by atoms with Crippen molar-refractivity contribution < 1.29 is 9.53 Å². The van der Waals surface area contributed by atoms with Crippen molar-refractivity contribution in [2.75, 3.05) is 0 Å². The van der Waals surface area contributed by atoms with E-state index in [1.165, 1.54) is 22.5 Å². The lowest BCUT2D eigenvalue weighted by atomic mass is 10.1. The molecule has 0 radical (unpaired) electrons. The Balaban J connectivity index is 1.63. The van der Waals surface area contributed by atoms with Gasteiger partial charge in [0.15, 0.2) is 5.17 Å². The summed E-state index contributed by atoms with van der Waals surface area (Å²) in [5.74, 6) is 0.370. The largest absolute Gasteiger partial charge is 0.488 e. The molecular formula is C21H15BrN2O2S. The number of halogens is 1. The number of nitrogens with two attached hydrogens (primary N) is 1. The standard InChI is InChI=1S/C21H15BrN2O2S/c22-16-8-9-18(15(10-16)11-19-20(25)24-21(23)27-19)26-12-14-6-3-5-13-4-1-2-7-17(13)14/h1-11H,12H2,(H2,23,24,25)/b19-11-. The molecule has 1 heterocycles. The van der Waals surface area contributed by atoms with Crippen molar-refractivity contribution in [2.24, 2.45) is 10.7 Å². The third kappa shape index (κ3) is 3.91. The fourth-order valence-corrected chi connectivity index (χ4v) is 3.96. The fourth-order valence-electron chi connectivity index (χ4n) is 2.90. The van der Waals surface area contributed by atoms with Gasteiger partial charge in [0, 0.05) is 10.0 Å². The van der Waals surface area contributed by atoms with Gasteiger partial charge in [0.25, 0.3) is 5.91 Å². The molecule has 4 rings (SSSR count). The second kappa shape index (κ2) is 7.58. The lowest BCUT2D eigenvalue weighted by Crippen LogP contribution is -2.01. The summed E-state index contributed by atoms with van der Waals surface area (Å²) in [4.78, 5) is 16.1. The van der Waals surface area contributed by atoms with Crippen molar-refractivity contribution in [3.63, 3.8) is 0 Å². The molecule has 0 aliphatic carbocycles. The van der Waals surface area contributed by atoms with Crippen LogP contribution in [-0.2, 0) is 11.4 Å². The maximum Gasteiger partial charge on any atom is 0.286 e. The summed E-state index contributed by atoms with van der Waals surface area (Å²) >= 11 is 4.64. The van der Waals surface area contributed by atoms with Gasteiger partial charge in [-0.25, -0.2) is 0 Å². The maximum atomic E-state index is 11.9. The number of rotatable bonds is 4. The summed E-state index contributed by atoms with van der Waals surface area (Å²) in [5, 5.41) is 2.61. The average molecular weight is 439 g/mol. The van der Waals surface area contributed by atoms with Gasteiger partial charge in [-0.2, -0.15) is 4.99 Å². The van der Waals surface area contributed by atoms with Gasteiger partial charge in [-0.3, -0.25) is 4.79 Å². The molecule has 0 bridgehead atoms. The van der Waals surface area contributed by atoms with Crippen molar-refractivity contribution in [2.45, 2.75) is 6.61 Å². The Bertz CT molecular complexity index is 1100. The van der Waals surface area contributed by atoms with E-state index in [2.05, 4.69) is 45.2 Å². The molecule has 0 aromatic heterocycles. The predicted octanol–water partition coefficient (Wildman–Crippen LogP) is 5.11. The zero-order valence-corrected chi connectivity index (χ0v) is 16.6. The van der Waals surface area contributed by atoms with Crippen LogP contribution in [0.2, 0.25) is 0 Å². The molecule has 1 amide bonds. The van der Waals surface area contributed by atoms with E-state index in [1.54, 1.807) is 6.08 Å². The summed E-state index contributed by atoms with van der Waals surface area (Å²) in [6, 6.07) is 20.1. The quantitative estimate of drug-likeness (QED) is 0.574. The molecule has 0 spiro atoms. The summed E-state index contributed by atoms with van der Waals surface area (Å²) in [7, 11) is 0. The number of ether oxygens (including phenoxy) is 1. The molecule has 1 aliphatic rings. The Morgan fingerprint density at radius 3 is 2.74 bits per heavy atom. The second-order valence-electron chi connectivity index (χ2n) is 5.97. The van der Waals surface area contributed by atoms with E-state index >= 15 is 0 Å². The minimum atomic E-state index is -0.322. The van der Waals surface area contributed by atoms with Gasteiger partial charge in [0.2, 0.25) is 0 Å². The summed E-state index contributed by atoms with van der Waals surface area (Å²) < 4.78 is 7.00. The van der Waals surface area contributed by atoms with E-state index in [4.69, 9.17) is 10.5 Å². The molecule has 6 heteroatoms. The van der Waals surface area contributed by atoms with Gasteiger partial charge in [0.05, 0.1) is 4.91 Å². The van der Waals surface area contributed by atoms with Gasteiger partial charge in [-0.05, 0) is 52.4 Å². The van der Waals surface area contributed by atoms with E-state index in [0.717, 1.165) is 15.6 Å². The van der Waals surface area contributed by atoms with Crippen LogP contribution in [0.4, 0.5) is 0 Å². The first-order valence-corrected chi connectivity index (χ1v) is 9.88. The second-order valence-corrected chi connectivity index (χ2v) is 7.95. The Kier molecular flexibility index (Phi) is 5.01. The van der Waals surface area contributed by atoms with Crippen molar-refractivity contribution >= 4 is 55.6 Å². The number of benzene rings is 3. The van der Waals surface area contributed by atoms with Crippen LogP contribution in [0, 0.1) is 0 Å². The number of carbonyl (C=O) groups excluding carboxylic acids is 1. The summed E-state index contributed by atoms with van der Waals surface area (Å²) in [6.07, 6.45) is 1.76. The first kappa shape index (κ1) is 17.8. The van der Waals surface area contributed by atoms with E-state index in [-0.39, 0.29) is 11.1 Å². The molecule has 134 valence electrons. The van der Waals surface area contributed by atoms with E-state index in [9.17, 15) is 4.79 Å². The molecule has 0 fully saturated rings. The number of amides is 1. The molecule has 3 aromatic rings.